The van der Waals surface area contributed by atoms with Crippen LogP contribution in [0, 0.1) is 0 Å². The van der Waals surface area contributed by atoms with Crippen molar-refractivity contribution in [2.24, 2.45) is 10.2 Å². The molecule has 0 amide bonds. The first-order chi connectivity index (χ1) is 7.74. The molecular formula is C12H20I2N2. The fraction of sp³-hybridized carbons (Fsp3) is 1.00. The maximum atomic E-state index is 4.59. The average molecular weight is 446 g/mol. The maximum Gasteiger partial charge on any atom is 0.0709 e. The number of halogens is 2. The number of hydrogen-bond acceptors (Lipinski definition) is 2. The number of azo groups is 1. The third-order valence-electron chi connectivity index (χ3n) is 3.65. The number of alkyl halides is 2. The predicted molar refractivity (Wildman–Crippen MR) is 85.0 cm³/mol. The Bertz CT molecular complexity index is 205. The average Bonchev–Trinajstić information content (AvgIpc) is 2.30. The van der Waals surface area contributed by atoms with E-state index in [1.54, 1.807) is 0 Å². The summed E-state index contributed by atoms with van der Waals surface area (Å²) in [6.07, 6.45) is 10.4. The fourth-order valence-corrected chi connectivity index (χ4v) is 3.93. The highest BCUT2D eigenvalue weighted by atomic mass is 127. The minimum absolute atomic E-state index is 0.545. The van der Waals surface area contributed by atoms with E-state index in [9.17, 15) is 0 Å². The van der Waals surface area contributed by atoms with Gasteiger partial charge in [-0.3, -0.25) is 0 Å². The van der Waals surface area contributed by atoms with Gasteiger partial charge in [-0.15, -0.1) is 0 Å². The third kappa shape index (κ3) is 4.38. The highest BCUT2D eigenvalue weighted by molar-refractivity contribution is 14.1. The summed E-state index contributed by atoms with van der Waals surface area (Å²) in [6, 6.07) is 1.09. The Balaban J connectivity index is 1.72. The van der Waals surface area contributed by atoms with Crippen molar-refractivity contribution in [3.05, 3.63) is 0 Å². The van der Waals surface area contributed by atoms with Gasteiger partial charge in [0.15, 0.2) is 0 Å². The molecule has 92 valence electrons. The summed E-state index contributed by atoms with van der Waals surface area (Å²) >= 11 is 5.14. The molecule has 0 radical (unpaired) electrons. The molecule has 0 saturated heterocycles. The Morgan fingerprint density at radius 3 is 1.19 bits per heavy atom. The molecule has 0 spiro atoms. The summed E-state index contributed by atoms with van der Waals surface area (Å²) in [6.45, 7) is 0. The van der Waals surface area contributed by atoms with Gasteiger partial charge in [0.2, 0.25) is 0 Å². The number of rotatable bonds is 2. The third-order valence-corrected chi connectivity index (χ3v) is 6.14. The molecule has 0 aromatic carbocycles. The van der Waals surface area contributed by atoms with Crippen LogP contribution in [0.2, 0.25) is 0 Å². The van der Waals surface area contributed by atoms with E-state index < -0.39 is 0 Å². The summed E-state index contributed by atoms with van der Waals surface area (Å²) < 4.78 is 1.78. The van der Waals surface area contributed by atoms with Gasteiger partial charge in [0, 0.05) is 7.85 Å². The minimum atomic E-state index is 0.545. The number of nitrogens with zero attached hydrogens (tertiary/aromatic N) is 2. The van der Waals surface area contributed by atoms with Gasteiger partial charge in [-0.25, -0.2) is 0 Å². The van der Waals surface area contributed by atoms with Gasteiger partial charge in [-0.1, -0.05) is 45.2 Å². The molecule has 4 heteroatoms. The predicted octanol–water partition coefficient (Wildman–Crippen LogP) is 4.93. The second kappa shape index (κ2) is 6.85. The molecule has 0 aromatic heterocycles. The molecule has 2 aliphatic carbocycles. The van der Waals surface area contributed by atoms with Crippen molar-refractivity contribution >= 4 is 45.2 Å². The minimum Gasteiger partial charge on any atom is -0.191 e. The van der Waals surface area contributed by atoms with Crippen molar-refractivity contribution in [2.75, 3.05) is 0 Å². The van der Waals surface area contributed by atoms with Crippen molar-refractivity contribution in [1.82, 2.24) is 0 Å². The lowest BCUT2D eigenvalue weighted by Gasteiger charge is -2.24. The van der Waals surface area contributed by atoms with E-state index in [0.29, 0.717) is 12.1 Å². The van der Waals surface area contributed by atoms with Crippen LogP contribution in [0.5, 0.6) is 0 Å². The summed E-state index contributed by atoms with van der Waals surface area (Å²) in [4.78, 5) is 0. The van der Waals surface area contributed by atoms with Crippen LogP contribution in [-0.4, -0.2) is 19.9 Å². The van der Waals surface area contributed by atoms with Crippen molar-refractivity contribution in [2.45, 2.75) is 71.3 Å². The molecule has 16 heavy (non-hydrogen) atoms. The SMILES string of the molecule is IC1CCC(N=NC2CCC(I)CC2)CC1. The zero-order valence-corrected chi connectivity index (χ0v) is 13.9. The fourth-order valence-electron chi connectivity index (χ4n) is 2.49. The Kier molecular flexibility index (Phi) is 5.78. The Labute approximate surface area is 126 Å². The summed E-state index contributed by atoms with van der Waals surface area (Å²) in [5, 5.41) is 9.17. The van der Waals surface area contributed by atoms with Crippen LogP contribution in [0.3, 0.4) is 0 Å². The Morgan fingerprint density at radius 1 is 0.562 bits per heavy atom. The lowest BCUT2D eigenvalue weighted by atomic mass is 9.95. The molecule has 2 aliphatic rings. The highest BCUT2D eigenvalue weighted by Gasteiger charge is 2.21. The summed E-state index contributed by atoms with van der Waals surface area (Å²) in [5.41, 5.74) is 0. The molecule has 0 aliphatic heterocycles. The molecule has 0 N–H and O–H groups in total. The molecule has 2 fully saturated rings. The molecule has 0 unspecified atom stereocenters. The van der Waals surface area contributed by atoms with E-state index in [1.807, 2.05) is 0 Å². The molecule has 0 heterocycles. The second-order valence-corrected chi connectivity index (χ2v) is 8.57. The van der Waals surface area contributed by atoms with Crippen LogP contribution in [0.4, 0.5) is 0 Å². The van der Waals surface area contributed by atoms with E-state index in [0.717, 1.165) is 7.85 Å². The van der Waals surface area contributed by atoms with Gasteiger partial charge in [0.25, 0.3) is 0 Å². The van der Waals surface area contributed by atoms with Gasteiger partial charge in [-0.05, 0) is 51.4 Å². The molecule has 2 nitrogen and oxygen atoms in total. The molecule has 2 rings (SSSR count). The normalized spacial score (nSPS) is 41.4. The molecule has 0 aromatic rings. The van der Waals surface area contributed by atoms with Crippen LogP contribution in [0.25, 0.3) is 0 Å². The second-order valence-electron chi connectivity index (χ2n) is 5.04. The van der Waals surface area contributed by atoms with Gasteiger partial charge in [0.05, 0.1) is 12.1 Å². The lowest BCUT2D eigenvalue weighted by molar-refractivity contribution is 0.405. The van der Waals surface area contributed by atoms with Crippen molar-refractivity contribution in [1.29, 1.82) is 0 Å². The zero-order chi connectivity index (χ0) is 11.4. The van der Waals surface area contributed by atoms with Gasteiger partial charge < -0.3 is 0 Å². The molecular weight excluding hydrogens is 426 g/mol. The van der Waals surface area contributed by atoms with Crippen LogP contribution in [0.15, 0.2) is 10.2 Å². The summed E-state index contributed by atoms with van der Waals surface area (Å²) in [5.74, 6) is 0. The maximum absolute atomic E-state index is 4.59. The van der Waals surface area contributed by atoms with Gasteiger partial charge in [0.1, 0.15) is 0 Å². The van der Waals surface area contributed by atoms with Crippen LogP contribution in [0.1, 0.15) is 51.4 Å². The van der Waals surface area contributed by atoms with E-state index in [1.165, 1.54) is 51.4 Å². The quantitative estimate of drug-likeness (QED) is 0.327. The lowest BCUT2D eigenvalue weighted by Crippen LogP contribution is -2.19. The van der Waals surface area contributed by atoms with E-state index in [4.69, 9.17) is 0 Å². The standard InChI is InChI=1S/C12H20I2N2/c13-9-1-5-11(6-2-9)15-16-12-7-3-10(14)4-8-12/h9-12H,1-8H2. The van der Waals surface area contributed by atoms with E-state index >= 15 is 0 Å². The number of hydrogen-bond donors (Lipinski definition) is 0. The first kappa shape index (κ1) is 13.5. The van der Waals surface area contributed by atoms with Gasteiger partial charge in [-0.2, -0.15) is 10.2 Å². The van der Waals surface area contributed by atoms with Crippen molar-refractivity contribution in [3.8, 4) is 0 Å². The van der Waals surface area contributed by atoms with Gasteiger partial charge >= 0.3 is 0 Å². The summed E-state index contributed by atoms with van der Waals surface area (Å²) in [7, 11) is 0. The molecule has 0 bridgehead atoms. The van der Waals surface area contributed by atoms with E-state index in [2.05, 4.69) is 55.4 Å². The smallest absolute Gasteiger partial charge is 0.0709 e. The Morgan fingerprint density at radius 2 is 0.875 bits per heavy atom. The van der Waals surface area contributed by atoms with E-state index in [-0.39, 0.29) is 0 Å². The highest BCUT2D eigenvalue weighted by Crippen LogP contribution is 2.29. The van der Waals surface area contributed by atoms with Crippen molar-refractivity contribution < 1.29 is 0 Å². The zero-order valence-electron chi connectivity index (χ0n) is 9.62. The van der Waals surface area contributed by atoms with Crippen molar-refractivity contribution in [3.63, 3.8) is 0 Å². The Hall–Kier alpha value is 1.06. The topological polar surface area (TPSA) is 24.7 Å². The first-order valence-electron chi connectivity index (χ1n) is 6.42. The molecule has 2 saturated carbocycles. The first-order valence-corrected chi connectivity index (χ1v) is 8.91. The largest absolute Gasteiger partial charge is 0.191 e. The van der Waals surface area contributed by atoms with Crippen LogP contribution in [-0.2, 0) is 0 Å². The molecule has 0 atom stereocenters. The monoisotopic (exact) mass is 446 g/mol. The van der Waals surface area contributed by atoms with Crippen LogP contribution < -0.4 is 0 Å². The van der Waals surface area contributed by atoms with Crippen LogP contribution >= 0.6 is 45.2 Å².